The number of ether oxygens (including phenoxy) is 4. The molecule has 7 heteroatoms. The highest BCUT2D eigenvalue weighted by atomic mass is 16.7. The van der Waals surface area contributed by atoms with Gasteiger partial charge in [0, 0.05) is 35.5 Å². The van der Waals surface area contributed by atoms with E-state index in [1.54, 1.807) is 13.3 Å². The van der Waals surface area contributed by atoms with Crippen LogP contribution in [0.3, 0.4) is 0 Å². The van der Waals surface area contributed by atoms with Crippen molar-refractivity contribution in [2.24, 2.45) is 5.10 Å². The number of benzene rings is 2. The molecule has 6 rings (SSSR count). The number of rotatable bonds is 3. The molecule has 7 nitrogen and oxygen atoms in total. The zero-order valence-electron chi connectivity index (χ0n) is 16.3. The fourth-order valence-electron chi connectivity index (χ4n) is 4.24. The van der Waals surface area contributed by atoms with Crippen molar-refractivity contribution in [2.45, 2.75) is 18.7 Å². The molecule has 0 saturated heterocycles. The van der Waals surface area contributed by atoms with Gasteiger partial charge in [0.15, 0.2) is 23.0 Å². The lowest BCUT2D eigenvalue weighted by atomic mass is 9.95. The number of hydrogen-bond donors (Lipinski definition) is 0. The van der Waals surface area contributed by atoms with E-state index in [4.69, 9.17) is 24.0 Å². The summed E-state index contributed by atoms with van der Waals surface area (Å²) in [5.41, 5.74) is 4.00. The lowest BCUT2D eigenvalue weighted by molar-refractivity contribution is -0.0211. The Labute approximate surface area is 173 Å². The van der Waals surface area contributed by atoms with Gasteiger partial charge < -0.3 is 18.9 Å². The van der Waals surface area contributed by atoms with Crippen molar-refractivity contribution in [1.82, 2.24) is 9.99 Å². The first-order valence-electron chi connectivity index (χ1n) is 9.81. The molecule has 0 saturated carbocycles. The summed E-state index contributed by atoms with van der Waals surface area (Å²) in [6, 6.07) is 15.9. The quantitative estimate of drug-likeness (QED) is 0.659. The summed E-state index contributed by atoms with van der Waals surface area (Å²) in [5, 5.41) is 7.00. The fourth-order valence-corrected chi connectivity index (χ4v) is 4.24. The van der Waals surface area contributed by atoms with Gasteiger partial charge in [0.25, 0.3) is 0 Å². The topological polar surface area (TPSA) is 65.4 Å². The maximum atomic E-state index is 6.42. The second kappa shape index (κ2) is 6.66. The van der Waals surface area contributed by atoms with Crippen molar-refractivity contribution < 1.29 is 18.9 Å². The first-order chi connectivity index (χ1) is 14.8. The van der Waals surface area contributed by atoms with Crippen LogP contribution in [0.4, 0.5) is 0 Å². The van der Waals surface area contributed by atoms with E-state index >= 15 is 0 Å². The van der Waals surface area contributed by atoms with Gasteiger partial charge in [0.2, 0.25) is 13.0 Å². The van der Waals surface area contributed by atoms with Crippen molar-refractivity contribution >= 4 is 5.71 Å². The van der Waals surface area contributed by atoms with E-state index in [0.29, 0.717) is 0 Å². The van der Waals surface area contributed by atoms with Gasteiger partial charge >= 0.3 is 0 Å². The molecule has 0 amide bonds. The highest BCUT2D eigenvalue weighted by Gasteiger charge is 2.42. The van der Waals surface area contributed by atoms with Gasteiger partial charge in [-0.2, -0.15) is 5.10 Å². The van der Waals surface area contributed by atoms with Crippen LogP contribution in [0.2, 0.25) is 0 Å². The fraction of sp³-hybridized carbons (Fsp3) is 0.217. The molecule has 4 heterocycles. The minimum Gasteiger partial charge on any atom is -0.493 e. The molecule has 0 fully saturated rings. The van der Waals surface area contributed by atoms with Gasteiger partial charge in [-0.1, -0.05) is 18.2 Å². The molecule has 2 aromatic carbocycles. The lowest BCUT2D eigenvalue weighted by Crippen LogP contribution is -2.33. The van der Waals surface area contributed by atoms with Gasteiger partial charge in [0.05, 0.1) is 18.9 Å². The van der Waals surface area contributed by atoms with Gasteiger partial charge in [-0.3, -0.25) is 4.98 Å². The Bertz CT molecular complexity index is 1150. The maximum absolute atomic E-state index is 6.42. The number of pyridine rings is 1. The monoisotopic (exact) mass is 401 g/mol. The van der Waals surface area contributed by atoms with Crippen LogP contribution in [-0.2, 0) is 0 Å². The van der Waals surface area contributed by atoms with E-state index in [2.05, 4.69) is 11.1 Å². The normalized spacial score (nSPS) is 20.8. The molecule has 0 aliphatic carbocycles. The third kappa shape index (κ3) is 2.58. The summed E-state index contributed by atoms with van der Waals surface area (Å²) in [4.78, 5) is 4.27. The second-order valence-electron chi connectivity index (χ2n) is 7.35. The molecule has 0 unspecified atom stereocenters. The molecule has 3 aliphatic heterocycles. The number of nitrogens with zero attached hydrogens (tertiary/aromatic N) is 3. The number of fused-ring (bicyclic) bond motifs is 4. The molecule has 0 spiro atoms. The molecular formula is C23H19N3O4. The standard InChI is InChI=1S/C23H19N3O4/c1-27-20-6-2-5-16-18-11-17(14-7-8-19-21(10-14)29-13-28-19)25-26(18)23(30-22(16)20)15-4-3-9-24-12-15/h2-10,12,18,23H,11,13H2,1H3/t18-,23-/m0/s1. The van der Waals surface area contributed by atoms with Crippen molar-refractivity contribution in [3.8, 4) is 23.0 Å². The van der Waals surface area contributed by atoms with Crippen molar-refractivity contribution in [3.63, 3.8) is 0 Å². The molecule has 150 valence electrons. The number of methoxy groups -OCH3 is 1. The first-order valence-corrected chi connectivity index (χ1v) is 9.81. The average Bonchev–Trinajstić information content (AvgIpc) is 3.45. The zero-order valence-corrected chi connectivity index (χ0v) is 16.3. The van der Waals surface area contributed by atoms with Crippen LogP contribution < -0.4 is 18.9 Å². The molecule has 30 heavy (non-hydrogen) atoms. The summed E-state index contributed by atoms with van der Waals surface area (Å²) >= 11 is 0. The number of hydrazone groups is 1. The predicted molar refractivity (Wildman–Crippen MR) is 109 cm³/mol. The van der Waals surface area contributed by atoms with Crippen molar-refractivity contribution in [1.29, 1.82) is 0 Å². The maximum Gasteiger partial charge on any atom is 0.231 e. The molecule has 0 N–H and O–H groups in total. The summed E-state index contributed by atoms with van der Waals surface area (Å²) in [5.74, 6) is 3.00. The smallest absolute Gasteiger partial charge is 0.231 e. The molecule has 3 aromatic rings. The van der Waals surface area contributed by atoms with Crippen LogP contribution in [-0.4, -0.2) is 29.6 Å². The highest BCUT2D eigenvalue weighted by molar-refractivity contribution is 6.02. The van der Waals surface area contributed by atoms with Crippen LogP contribution in [0.1, 0.15) is 35.4 Å². The minimum atomic E-state index is -0.390. The van der Waals surface area contributed by atoms with E-state index in [-0.39, 0.29) is 19.1 Å². The first kappa shape index (κ1) is 17.1. The highest BCUT2D eigenvalue weighted by Crippen LogP contribution is 2.50. The molecular weight excluding hydrogens is 382 g/mol. The number of para-hydroxylation sites is 1. The third-order valence-electron chi connectivity index (χ3n) is 5.68. The zero-order chi connectivity index (χ0) is 20.1. The summed E-state index contributed by atoms with van der Waals surface area (Å²) in [7, 11) is 1.66. The van der Waals surface area contributed by atoms with Crippen molar-refractivity contribution in [3.05, 3.63) is 77.6 Å². The van der Waals surface area contributed by atoms with Crippen LogP contribution in [0.15, 0.2) is 66.0 Å². The van der Waals surface area contributed by atoms with Crippen LogP contribution >= 0.6 is 0 Å². The van der Waals surface area contributed by atoms with Gasteiger partial charge in [-0.25, -0.2) is 5.01 Å². The second-order valence-corrected chi connectivity index (χ2v) is 7.35. The Morgan fingerprint density at radius 3 is 2.87 bits per heavy atom. The number of hydrogen-bond acceptors (Lipinski definition) is 7. The lowest BCUT2D eigenvalue weighted by Gasteiger charge is -2.38. The summed E-state index contributed by atoms with van der Waals surface area (Å²) in [6.45, 7) is 0.254. The molecule has 1 aromatic heterocycles. The van der Waals surface area contributed by atoms with Gasteiger partial charge in [-0.05, 0) is 30.3 Å². The van der Waals surface area contributed by atoms with Crippen LogP contribution in [0.5, 0.6) is 23.0 Å². The largest absolute Gasteiger partial charge is 0.493 e. The predicted octanol–water partition coefficient (Wildman–Crippen LogP) is 4.06. The Kier molecular flexibility index (Phi) is 3.80. The summed E-state index contributed by atoms with van der Waals surface area (Å²) in [6.07, 6.45) is 3.93. The Hall–Kier alpha value is -3.74. The molecule has 2 atom stereocenters. The molecule has 0 radical (unpaired) electrons. The van der Waals surface area contributed by atoms with E-state index in [1.165, 1.54) is 0 Å². The Morgan fingerprint density at radius 2 is 2.00 bits per heavy atom. The molecule has 0 bridgehead atoms. The minimum absolute atomic E-state index is 0.0366. The molecule has 3 aliphatic rings. The average molecular weight is 401 g/mol. The van der Waals surface area contributed by atoms with Gasteiger partial charge in [-0.15, -0.1) is 0 Å². The Balaban J connectivity index is 1.45. The van der Waals surface area contributed by atoms with E-state index in [1.807, 2.05) is 53.7 Å². The van der Waals surface area contributed by atoms with Crippen molar-refractivity contribution in [2.75, 3.05) is 13.9 Å². The van der Waals surface area contributed by atoms with E-state index < -0.39 is 0 Å². The summed E-state index contributed by atoms with van der Waals surface area (Å²) < 4.78 is 23.0. The number of aromatic nitrogens is 1. The van der Waals surface area contributed by atoms with E-state index in [9.17, 15) is 0 Å². The SMILES string of the molecule is COc1cccc2c1O[C@@H](c1cccnc1)N1N=C(c3ccc4c(c3)OCO4)C[C@@H]21. The Morgan fingerprint density at radius 1 is 1.07 bits per heavy atom. The van der Waals surface area contributed by atoms with Crippen LogP contribution in [0.25, 0.3) is 0 Å². The van der Waals surface area contributed by atoms with Gasteiger partial charge in [0.1, 0.15) is 0 Å². The third-order valence-corrected chi connectivity index (χ3v) is 5.68. The van der Waals surface area contributed by atoms with E-state index in [0.717, 1.165) is 51.8 Å². The van der Waals surface area contributed by atoms with Crippen LogP contribution in [0, 0.1) is 0 Å².